The Morgan fingerprint density at radius 3 is 1.17 bits per heavy atom. The van der Waals surface area contributed by atoms with Crippen molar-refractivity contribution in [2.24, 2.45) is 0 Å². The van der Waals surface area contributed by atoms with Crippen molar-refractivity contribution in [2.75, 3.05) is 16.4 Å². The molecule has 81 heavy (non-hydrogen) atoms. The van der Waals surface area contributed by atoms with Crippen LogP contribution in [0.25, 0.3) is 11.1 Å². The number of anilines is 5. The molecule has 9 aromatic rings. The Balaban J connectivity index is 0.000000267. The zero-order valence-corrected chi connectivity index (χ0v) is 55.7. The SMILES string of the molecule is Nc1ccc(I)cc1.O=C(O)c1ccccc1Br.O=C(O)c1ccccc1Nc1ccc(-c2ccc(Cl)c(Cl)c2)cc1.O=C(O)c1ccccc1Nc1ccc(I)cc1.O=C([O-])c1ccccc1Br.OB(O)c1ccc(Cl)c(Cl)c1.[K+]. The monoisotopic (exact) mass is 1540 g/mol. The van der Waals surface area contributed by atoms with Gasteiger partial charge in [-0.05, 0) is 205 Å². The Morgan fingerprint density at radius 1 is 0.457 bits per heavy atom. The van der Waals surface area contributed by atoms with Crippen molar-refractivity contribution in [3.05, 3.63) is 265 Å². The molecular weight excluding hydrogens is 1500 g/mol. The second-order valence-corrected chi connectivity index (χ2v) is 21.6. The normalized spacial score (nSPS) is 9.70. The van der Waals surface area contributed by atoms with Crippen LogP contribution in [0, 0.1) is 7.14 Å². The Labute approximate surface area is 574 Å². The number of hydrogen-bond donors (Lipinski definition) is 8. The molecule has 0 heterocycles. The Kier molecular flexibility index (Phi) is 32.2. The van der Waals surface area contributed by atoms with Crippen molar-refractivity contribution >= 4 is 188 Å². The first-order valence-corrected chi connectivity index (χ1v) is 28.1. The summed E-state index contributed by atoms with van der Waals surface area (Å²) in [6.45, 7) is 0. The molecule has 0 aliphatic carbocycles. The maximum absolute atomic E-state index is 11.2. The van der Waals surface area contributed by atoms with Gasteiger partial charge < -0.3 is 51.6 Å². The van der Waals surface area contributed by atoms with E-state index in [2.05, 4.69) is 87.7 Å². The minimum Gasteiger partial charge on any atom is -0.545 e. The molecule has 23 heteroatoms. The van der Waals surface area contributed by atoms with Gasteiger partial charge in [0.05, 0.1) is 54.1 Å². The standard InChI is InChI=1S/C19H13Cl2NO2.C13H10INO2.2C7H5BrO2.C6H5BCl2O2.C6H6IN.K/c20-16-10-7-13(11-17(16)21)12-5-8-14(9-6-12)22-18-4-2-1-3-15(18)19(23)24;14-9-5-7-10(8-6-9)15-12-4-2-1-3-11(12)13(16)17;2*8-6-4-2-1-3-5(6)7(9)10;8-5-2-1-4(7(10)11)3-6(5)9;7-5-1-3-6(8)4-2-5;/h1-11,22H,(H,23,24);1-8,15H,(H,16,17);2*1-4H,(H,9,10);1-3,10-11H;1-4H,8H2;/q;;;;;;+1/p-1. The van der Waals surface area contributed by atoms with Gasteiger partial charge in [-0.25, -0.2) is 14.4 Å². The van der Waals surface area contributed by atoms with Crippen LogP contribution < -0.4 is 78.3 Å². The fourth-order valence-corrected chi connectivity index (χ4v) is 8.45. The molecule has 9 rings (SSSR count). The number of nitrogen functional groups attached to an aromatic ring is 1. The summed E-state index contributed by atoms with van der Waals surface area (Å²) in [5, 5.41) is 62.4. The molecule has 0 saturated heterocycles. The van der Waals surface area contributed by atoms with Gasteiger partial charge in [-0.3, -0.25) is 0 Å². The average molecular weight is 1550 g/mol. The van der Waals surface area contributed by atoms with Gasteiger partial charge in [0, 0.05) is 38.7 Å². The number of carboxylic acids is 4. The van der Waals surface area contributed by atoms with Crippen LogP contribution in [0.5, 0.6) is 0 Å². The topological polar surface area (TPSA) is 243 Å². The van der Waals surface area contributed by atoms with Crippen LogP contribution in [0.2, 0.25) is 20.1 Å². The number of hydrogen-bond acceptors (Lipinski definition) is 10. The van der Waals surface area contributed by atoms with E-state index in [4.69, 9.17) is 72.4 Å². The largest absolute Gasteiger partial charge is 1.00 e. The minimum atomic E-state index is -1.50. The van der Waals surface area contributed by atoms with Crippen LogP contribution in [-0.4, -0.2) is 56.4 Å². The van der Waals surface area contributed by atoms with E-state index < -0.39 is 31.0 Å². The zero-order chi connectivity index (χ0) is 58.9. The van der Waals surface area contributed by atoms with Crippen LogP contribution in [0.1, 0.15) is 41.4 Å². The van der Waals surface area contributed by atoms with Crippen molar-refractivity contribution < 1.29 is 101 Å². The number of para-hydroxylation sites is 2. The predicted octanol–water partition coefficient (Wildman–Crippen LogP) is 12.3. The molecule has 9 N–H and O–H groups in total. The molecule has 0 bridgehead atoms. The number of rotatable bonds is 10. The first kappa shape index (κ1) is 70.7. The van der Waals surface area contributed by atoms with E-state index in [9.17, 15) is 29.4 Å². The van der Waals surface area contributed by atoms with E-state index >= 15 is 0 Å². The number of halogens is 8. The van der Waals surface area contributed by atoms with Crippen molar-refractivity contribution in [1.29, 1.82) is 0 Å². The number of nitrogens with one attached hydrogen (secondary N) is 2. The number of carbonyl (C=O) groups excluding carboxylic acids is 1. The van der Waals surface area contributed by atoms with Crippen LogP contribution in [0.4, 0.5) is 28.4 Å². The fraction of sp³-hybridized carbons (Fsp3) is 0. The Hall–Kier alpha value is -4.54. The van der Waals surface area contributed by atoms with Gasteiger partial charge in [-0.2, -0.15) is 0 Å². The second kappa shape index (κ2) is 36.9. The van der Waals surface area contributed by atoms with Crippen LogP contribution >= 0.6 is 123 Å². The van der Waals surface area contributed by atoms with Gasteiger partial charge in [0.25, 0.3) is 0 Å². The van der Waals surface area contributed by atoms with Gasteiger partial charge in [0.15, 0.2) is 0 Å². The van der Waals surface area contributed by atoms with Crippen molar-refractivity contribution in [1.82, 2.24) is 0 Å². The molecule has 0 aliphatic heterocycles. The molecule has 0 fully saturated rings. The van der Waals surface area contributed by atoms with Gasteiger partial charge in [0.2, 0.25) is 0 Å². The molecule has 0 saturated carbocycles. The van der Waals surface area contributed by atoms with Crippen LogP contribution in [-0.2, 0) is 0 Å². The molecule has 410 valence electrons. The van der Waals surface area contributed by atoms with Gasteiger partial charge in [-0.15, -0.1) is 0 Å². The summed E-state index contributed by atoms with van der Waals surface area (Å²) >= 11 is 33.8. The molecular formula is C58H43BBr2Cl4I2KN3O10. The molecule has 0 radical (unpaired) electrons. The van der Waals surface area contributed by atoms with Crippen molar-refractivity contribution in [2.45, 2.75) is 0 Å². The molecule has 0 aliphatic rings. The average Bonchev–Trinajstić information content (AvgIpc) is 3.43. The molecule has 0 amide bonds. The van der Waals surface area contributed by atoms with E-state index in [-0.39, 0.29) is 68.1 Å². The van der Waals surface area contributed by atoms with Gasteiger partial charge in [-0.1, -0.05) is 141 Å². The summed E-state index contributed by atoms with van der Waals surface area (Å²) in [7, 11) is -1.50. The first-order chi connectivity index (χ1) is 38.0. The minimum absolute atomic E-state index is 0. The first-order valence-electron chi connectivity index (χ1n) is 22.8. The third-order valence-electron chi connectivity index (χ3n) is 10.2. The Morgan fingerprint density at radius 2 is 0.815 bits per heavy atom. The predicted molar refractivity (Wildman–Crippen MR) is 344 cm³/mol. The smallest absolute Gasteiger partial charge is 0.545 e. The molecule has 0 atom stereocenters. The summed E-state index contributed by atoms with van der Waals surface area (Å²) in [6.07, 6.45) is 0. The molecule has 9 aromatic carbocycles. The number of benzene rings is 9. The third-order valence-corrected chi connectivity index (χ3v) is 14.5. The van der Waals surface area contributed by atoms with Crippen LogP contribution in [0.3, 0.4) is 0 Å². The third kappa shape index (κ3) is 25.1. The maximum atomic E-state index is 11.2. The second-order valence-electron chi connectivity index (χ2n) is 15.8. The molecule has 0 unspecified atom stereocenters. The number of aromatic carboxylic acids is 4. The van der Waals surface area contributed by atoms with E-state index in [1.807, 2.05) is 91.0 Å². The summed E-state index contributed by atoms with van der Waals surface area (Å²) in [4.78, 5) is 42.9. The van der Waals surface area contributed by atoms with E-state index in [0.29, 0.717) is 51.4 Å². The summed E-state index contributed by atoms with van der Waals surface area (Å²) < 4.78 is 3.52. The van der Waals surface area contributed by atoms with E-state index in [1.165, 1.54) is 27.8 Å². The van der Waals surface area contributed by atoms with Crippen LogP contribution in [0.15, 0.2) is 215 Å². The molecule has 0 spiro atoms. The Bertz CT molecular complexity index is 3450. The number of carbonyl (C=O) groups is 4. The van der Waals surface area contributed by atoms with E-state index in [0.717, 1.165) is 31.8 Å². The maximum Gasteiger partial charge on any atom is 1.00 e. The van der Waals surface area contributed by atoms with Gasteiger partial charge in [0.1, 0.15) is 0 Å². The zero-order valence-electron chi connectivity index (χ0n) is 42.1. The summed E-state index contributed by atoms with van der Waals surface area (Å²) in [5.41, 5.74) is 12.3. The van der Waals surface area contributed by atoms with Gasteiger partial charge >= 0.3 is 76.4 Å². The molecule has 0 aromatic heterocycles. The number of nitrogens with two attached hydrogens (primary N) is 1. The fourth-order valence-electron chi connectivity index (χ4n) is 6.22. The number of carboxylic acid groups (broad SMARTS) is 4. The molecule has 13 nitrogen and oxygen atoms in total. The van der Waals surface area contributed by atoms with Crippen molar-refractivity contribution in [3.8, 4) is 11.1 Å². The summed E-state index contributed by atoms with van der Waals surface area (Å²) in [6, 6.07) is 59.9. The summed E-state index contributed by atoms with van der Waals surface area (Å²) in [5.74, 6) is -3.97. The van der Waals surface area contributed by atoms with Crippen molar-refractivity contribution in [3.63, 3.8) is 0 Å². The van der Waals surface area contributed by atoms with E-state index in [1.54, 1.807) is 91.0 Å². The quantitative estimate of drug-likeness (QED) is 0.0361.